The van der Waals surface area contributed by atoms with Crippen molar-refractivity contribution in [1.29, 1.82) is 0 Å². The summed E-state index contributed by atoms with van der Waals surface area (Å²) in [6, 6.07) is 17.5. The van der Waals surface area contributed by atoms with E-state index in [4.69, 9.17) is 4.42 Å². The van der Waals surface area contributed by atoms with E-state index in [1.54, 1.807) is 12.1 Å². The van der Waals surface area contributed by atoms with E-state index < -0.39 is 0 Å². The molecule has 0 bridgehead atoms. The molecule has 0 aliphatic rings. The van der Waals surface area contributed by atoms with Gasteiger partial charge in [-0.3, -0.25) is 0 Å². The Morgan fingerprint density at radius 2 is 1.70 bits per heavy atom. The zero-order valence-electron chi connectivity index (χ0n) is 11.2. The molecule has 2 nitrogen and oxygen atoms in total. The van der Waals surface area contributed by atoms with Gasteiger partial charge in [0.05, 0.1) is 5.56 Å². The quantitative estimate of drug-likeness (QED) is 0.645. The SMILES string of the molecule is Cc1ccc(C=Cc2cc3ccccc3oc2=O)cc1. The lowest BCUT2D eigenvalue weighted by molar-refractivity contribution is 0.559. The average molecular weight is 262 g/mol. The van der Waals surface area contributed by atoms with Crippen LogP contribution in [0, 0.1) is 6.92 Å². The first-order valence-electron chi connectivity index (χ1n) is 6.50. The molecule has 2 aromatic carbocycles. The maximum absolute atomic E-state index is 11.9. The van der Waals surface area contributed by atoms with Gasteiger partial charge >= 0.3 is 5.63 Å². The van der Waals surface area contributed by atoms with Gasteiger partial charge in [0.25, 0.3) is 0 Å². The Morgan fingerprint density at radius 1 is 0.950 bits per heavy atom. The Hall–Kier alpha value is -2.61. The van der Waals surface area contributed by atoms with E-state index >= 15 is 0 Å². The van der Waals surface area contributed by atoms with Crippen LogP contribution in [0.2, 0.25) is 0 Å². The zero-order valence-corrected chi connectivity index (χ0v) is 11.2. The molecule has 3 aromatic rings. The molecule has 0 aliphatic carbocycles. The van der Waals surface area contributed by atoms with Crippen LogP contribution in [0.15, 0.2) is 63.8 Å². The van der Waals surface area contributed by atoms with Crippen LogP contribution in [0.3, 0.4) is 0 Å². The predicted octanol–water partition coefficient (Wildman–Crippen LogP) is 4.27. The lowest BCUT2D eigenvalue weighted by atomic mass is 10.1. The highest BCUT2D eigenvalue weighted by Gasteiger charge is 2.01. The standard InChI is InChI=1S/C18H14O2/c1-13-6-8-14(9-7-13)10-11-16-12-15-4-2-3-5-17(15)20-18(16)19/h2-12H,1H3. The molecule has 0 atom stereocenters. The van der Waals surface area contributed by atoms with Crippen LogP contribution in [0.25, 0.3) is 23.1 Å². The van der Waals surface area contributed by atoms with Gasteiger partial charge in [-0.1, -0.05) is 54.1 Å². The fraction of sp³-hybridized carbons (Fsp3) is 0.0556. The number of fused-ring (bicyclic) bond motifs is 1. The summed E-state index contributed by atoms with van der Waals surface area (Å²) in [6.45, 7) is 2.05. The third-order valence-corrected chi connectivity index (χ3v) is 3.20. The molecule has 0 unspecified atom stereocenters. The van der Waals surface area contributed by atoms with Gasteiger partial charge in [-0.05, 0) is 30.7 Å². The summed E-state index contributed by atoms with van der Waals surface area (Å²) >= 11 is 0. The summed E-state index contributed by atoms with van der Waals surface area (Å²) in [5.41, 5.74) is 3.14. The summed E-state index contributed by atoms with van der Waals surface area (Å²) in [5, 5.41) is 0.927. The van der Waals surface area contributed by atoms with Gasteiger partial charge in [-0.2, -0.15) is 0 Å². The first kappa shape index (κ1) is 12.4. The molecule has 0 fully saturated rings. The number of benzene rings is 2. The number of para-hydroxylation sites is 1. The largest absolute Gasteiger partial charge is 0.422 e. The van der Waals surface area contributed by atoms with Gasteiger partial charge in [-0.25, -0.2) is 4.79 Å². The summed E-state index contributed by atoms with van der Waals surface area (Å²) in [5.74, 6) is 0. The molecule has 0 spiro atoms. The van der Waals surface area contributed by atoms with E-state index in [2.05, 4.69) is 0 Å². The second-order valence-corrected chi connectivity index (χ2v) is 4.77. The van der Waals surface area contributed by atoms with Crippen LogP contribution in [0.4, 0.5) is 0 Å². The number of hydrogen-bond acceptors (Lipinski definition) is 2. The number of hydrogen-bond donors (Lipinski definition) is 0. The van der Waals surface area contributed by atoms with Gasteiger partial charge in [0.2, 0.25) is 0 Å². The summed E-state index contributed by atoms with van der Waals surface area (Å²) in [7, 11) is 0. The predicted molar refractivity (Wildman–Crippen MR) is 82.6 cm³/mol. The van der Waals surface area contributed by atoms with Gasteiger partial charge in [0.1, 0.15) is 5.58 Å². The molecule has 0 saturated carbocycles. The van der Waals surface area contributed by atoms with E-state index in [-0.39, 0.29) is 5.63 Å². The highest BCUT2D eigenvalue weighted by atomic mass is 16.4. The first-order valence-corrected chi connectivity index (χ1v) is 6.50. The van der Waals surface area contributed by atoms with Crippen molar-refractivity contribution in [3.05, 3.63) is 81.7 Å². The van der Waals surface area contributed by atoms with E-state index in [9.17, 15) is 4.79 Å². The topological polar surface area (TPSA) is 30.2 Å². The molecule has 20 heavy (non-hydrogen) atoms. The van der Waals surface area contributed by atoms with Crippen LogP contribution in [-0.4, -0.2) is 0 Å². The van der Waals surface area contributed by atoms with Crippen LogP contribution in [0.5, 0.6) is 0 Å². The molecule has 0 aliphatic heterocycles. The Balaban J connectivity index is 2.00. The fourth-order valence-corrected chi connectivity index (χ4v) is 2.06. The molecule has 0 N–H and O–H groups in total. The van der Waals surface area contributed by atoms with E-state index in [0.717, 1.165) is 10.9 Å². The van der Waals surface area contributed by atoms with E-state index in [1.165, 1.54) is 5.56 Å². The fourth-order valence-electron chi connectivity index (χ4n) is 2.06. The second kappa shape index (κ2) is 5.17. The van der Waals surface area contributed by atoms with Crippen molar-refractivity contribution in [2.24, 2.45) is 0 Å². The van der Waals surface area contributed by atoms with Crippen LogP contribution in [-0.2, 0) is 0 Å². The normalized spacial score (nSPS) is 11.2. The molecule has 3 rings (SSSR count). The van der Waals surface area contributed by atoms with Gasteiger partial charge in [0.15, 0.2) is 0 Å². The Morgan fingerprint density at radius 3 is 2.50 bits per heavy atom. The van der Waals surface area contributed by atoms with E-state index in [1.807, 2.05) is 61.5 Å². The molecule has 0 amide bonds. The van der Waals surface area contributed by atoms with Crippen molar-refractivity contribution in [1.82, 2.24) is 0 Å². The highest BCUT2D eigenvalue weighted by Crippen LogP contribution is 2.14. The van der Waals surface area contributed by atoms with E-state index in [0.29, 0.717) is 11.1 Å². The van der Waals surface area contributed by atoms with Gasteiger partial charge in [-0.15, -0.1) is 0 Å². The third kappa shape index (κ3) is 2.54. The molecule has 1 heterocycles. The minimum atomic E-state index is -0.313. The number of aryl methyl sites for hydroxylation is 1. The highest BCUT2D eigenvalue weighted by molar-refractivity contribution is 5.80. The van der Waals surface area contributed by atoms with Gasteiger partial charge < -0.3 is 4.42 Å². The van der Waals surface area contributed by atoms with Crippen LogP contribution >= 0.6 is 0 Å². The first-order chi connectivity index (χ1) is 9.72. The Labute approximate surface area is 117 Å². The molecule has 0 radical (unpaired) electrons. The Bertz CT molecular complexity index is 824. The summed E-state index contributed by atoms with van der Waals surface area (Å²) in [4.78, 5) is 11.9. The minimum Gasteiger partial charge on any atom is -0.422 e. The van der Waals surface area contributed by atoms with Crippen molar-refractivity contribution in [2.45, 2.75) is 6.92 Å². The lowest BCUT2D eigenvalue weighted by Crippen LogP contribution is -2.02. The second-order valence-electron chi connectivity index (χ2n) is 4.77. The summed E-state index contributed by atoms with van der Waals surface area (Å²) in [6.07, 6.45) is 3.71. The molecule has 2 heteroatoms. The molecule has 0 saturated heterocycles. The maximum Gasteiger partial charge on any atom is 0.343 e. The minimum absolute atomic E-state index is 0.313. The molecule has 98 valence electrons. The lowest BCUT2D eigenvalue weighted by Gasteiger charge is -1.98. The van der Waals surface area contributed by atoms with Crippen LogP contribution < -0.4 is 5.63 Å². The monoisotopic (exact) mass is 262 g/mol. The zero-order chi connectivity index (χ0) is 13.9. The van der Waals surface area contributed by atoms with Crippen molar-refractivity contribution >= 4 is 23.1 Å². The van der Waals surface area contributed by atoms with Gasteiger partial charge in [0, 0.05) is 5.39 Å². The average Bonchev–Trinajstić information content (AvgIpc) is 2.47. The Kier molecular flexibility index (Phi) is 3.21. The molecular formula is C18H14O2. The summed E-state index contributed by atoms with van der Waals surface area (Å²) < 4.78 is 5.29. The number of rotatable bonds is 2. The molecular weight excluding hydrogens is 248 g/mol. The smallest absolute Gasteiger partial charge is 0.343 e. The van der Waals surface area contributed by atoms with Crippen molar-refractivity contribution in [3.63, 3.8) is 0 Å². The van der Waals surface area contributed by atoms with Crippen molar-refractivity contribution in [3.8, 4) is 0 Å². The third-order valence-electron chi connectivity index (χ3n) is 3.20. The van der Waals surface area contributed by atoms with Crippen molar-refractivity contribution < 1.29 is 4.42 Å². The van der Waals surface area contributed by atoms with Crippen molar-refractivity contribution in [2.75, 3.05) is 0 Å². The molecule has 1 aromatic heterocycles. The van der Waals surface area contributed by atoms with Crippen LogP contribution in [0.1, 0.15) is 16.7 Å². The maximum atomic E-state index is 11.9.